The third kappa shape index (κ3) is 5.58. The fourth-order valence-electron chi connectivity index (χ4n) is 2.43. The highest BCUT2D eigenvalue weighted by molar-refractivity contribution is 9.10. The van der Waals surface area contributed by atoms with E-state index in [2.05, 4.69) is 33.4 Å². The van der Waals surface area contributed by atoms with Gasteiger partial charge in [-0.1, -0.05) is 28.1 Å². The van der Waals surface area contributed by atoms with E-state index in [0.717, 1.165) is 23.7 Å². The van der Waals surface area contributed by atoms with E-state index in [1.165, 1.54) is 5.56 Å². The average Bonchev–Trinajstić information content (AvgIpc) is 2.90. The predicted molar refractivity (Wildman–Crippen MR) is 89.6 cm³/mol. The van der Waals surface area contributed by atoms with Crippen molar-refractivity contribution in [3.63, 3.8) is 0 Å². The van der Waals surface area contributed by atoms with Crippen LogP contribution in [-0.2, 0) is 16.0 Å². The summed E-state index contributed by atoms with van der Waals surface area (Å²) in [6.07, 6.45) is 2.14. The molecular formula is C15H22BrClN2O2. The molecule has 2 rings (SSSR count). The average molecular weight is 378 g/mol. The molecule has 0 aliphatic carbocycles. The first kappa shape index (κ1) is 18.4. The summed E-state index contributed by atoms with van der Waals surface area (Å²) in [5, 5.41) is 3.01. The zero-order valence-electron chi connectivity index (χ0n) is 12.0. The first-order chi connectivity index (χ1) is 9.58. The van der Waals surface area contributed by atoms with Gasteiger partial charge in [0.1, 0.15) is 6.10 Å². The summed E-state index contributed by atoms with van der Waals surface area (Å²) in [5.74, 6) is -0.0226. The lowest BCUT2D eigenvalue weighted by atomic mass is 10.1. The van der Waals surface area contributed by atoms with Crippen LogP contribution >= 0.6 is 28.3 Å². The first-order valence-corrected chi connectivity index (χ1v) is 7.78. The molecule has 1 aliphatic rings. The van der Waals surface area contributed by atoms with E-state index in [0.29, 0.717) is 6.54 Å². The van der Waals surface area contributed by atoms with Crippen LogP contribution in [0.4, 0.5) is 0 Å². The maximum Gasteiger partial charge on any atom is 0.249 e. The summed E-state index contributed by atoms with van der Waals surface area (Å²) >= 11 is 3.41. The molecule has 6 heteroatoms. The van der Waals surface area contributed by atoms with Gasteiger partial charge >= 0.3 is 0 Å². The SMILES string of the molecule is CC(Cc1ccc(Br)cc1)NC(=O)[C@@H]1CC[C@H](CN)O1.Cl. The van der Waals surface area contributed by atoms with Crippen LogP contribution in [0.3, 0.4) is 0 Å². The number of carbonyl (C=O) groups excluding carboxylic acids is 1. The van der Waals surface area contributed by atoms with Crippen LogP contribution in [0.25, 0.3) is 0 Å². The standard InChI is InChI=1S/C15H21BrN2O2.ClH/c1-10(8-11-2-4-12(16)5-3-11)18-15(19)14-7-6-13(9-17)20-14;/h2-5,10,13-14H,6-9,17H2,1H3,(H,18,19);1H/t10?,13-,14+;/m1./s1. The van der Waals surface area contributed by atoms with Gasteiger partial charge in [-0.2, -0.15) is 0 Å². The topological polar surface area (TPSA) is 64.4 Å². The number of carbonyl (C=O) groups is 1. The third-order valence-corrected chi connectivity index (χ3v) is 4.04. The van der Waals surface area contributed by atoms with Crippen LogP contribution in [0.15, 0.2) is 28.7 Å². The fraction of sp³-hybridized carbons (Fsp3) is 0.533. The van der Waals surface area contributed by atoms with E-state index in [4.69, 9.17) is 10.5 Å². The summed E-state index contributed by atoms with van der Waals surface area (Å²) in [7, 11) is 0. The van der Waals surface area contributed by atoms with Crippen LogP contribution in [0.5, 0.6) is 0 Å². The van der Waals surface area contributed by atoms with Crippen LogP contribution in [0, 0.1) is 0 Å². The molecular weight excluding hydrogens is 356 g/mol. The highest BCUT2D eigenvalue weighted by atomic mass is 79.9. The molecule has 0 radical (unpaired) electrons. The number of hydrogen-bond acceptors (Lipinski definition) is 3. The van der Waals surface area contributed by atoms with E-state index in [-0.39, 0.29) is 36.6 Å². The van der Waals surface area contributed by atoms with Crippen molar-refractivity contribution in [3.8, 4) is 0 Å². The van der Waals surface area contributed by atoms with Gasteiger partial charge < -0.3 is 15.8 Å². The molecule has 1 aliphatic heterocycles. The summed E-state index contributed by atoms with van der Waals surface area (Å²) in [5.41, 5.74) is 6.75. The quantitative estimate of drug-likeness (QED) is 0.828. The first-order valence-electron chi connectivity index (χ1n) is 6.99. The lowest BCUT2D eigenvalue weighted by Crippen LogP contribution is -2.41. The van der Waals surface area contributed by atoms with Gasteiger partial charge in [0.05, 0.1) is 6.10 Å². The van der Waals surface area contributed by atoms with Gasteiger partial charge in [-0.25, -0.2) is 0 Å². The van der Waals surface area contributed by atoms with Crippen LogP contribution in [-0.4, -0.2) is 30.7 Å². The number of amides is 1. The molecule has 0 bridgehead atoms. The zero-order valence-corrected chi connectivity index (χ0v) is 14.5. The molecule has 4 nitrogen and oxygen atoms in total. The van der Waals surface area contributed by atoms with Gasteiger partial charge in [0.15, 0.2) is 0 Å². The largest absolute Gasteiger partial charge is 0.364 e. The second-order valence-corrected chi connectivity index (χ2v) is 6.22. The van der Waals surface area contributed by atoms with Crippen molar-refractivity contribution >= 4 is 34.2 Å². The molecule has 1 amide bonds. The molecule has 0 aromatic heterocycles. The number of nitrogens with one attached hydrogen (secondary N) is 1. The number of benzene rings is 1. The Balaban J connectivity index is 0.00000220. The number of hydrogen-bond donors (Lipinski definition) is 2. The van der Waals surface area contributed by atoms with E-state index in [1.54, 1.807) is 0 Å². The Hall–Kier alpha value is -0.620. The lowest BCUT2D eigenvalue weighted by Gasteiger charge is -2.17. The van der Waals surface area contributed by atoms with Crippen LogP contribution < -0.4 is 11.1 Å². The Morgan fingerprint density at radius 3 is 2.67 bits per heavy atom. The van der Waals surface area contributed by atoms with E-state index >= 15 is 0 Å². The number of ether oxygens (including phenoxy) is 1. The molecule has 0 saturated carbocycles. The minimum absolute atomic E-state index is 0. The molecule has 1 unspecified atom stereocenters. The van der Waals surface area contributed by atoms with Crippen molar-refractivity contribution in [1.82, 2.24) is 5.32 Å². The summed E-state index contributed by atoms with van der Waals surface area (Å²) in [6.45, 7) is 2.49. The molecule has 1 heterocycles. The van der Waals surface area contributed by atoms with Crippen molar-refractivity contribution in [2.24, 2.45) is 5.73 Å². The molecule has 3 atom stereocenters. The summed E-state index contributed by atoms with van der Waals surface area (Å²) in [6, 6.07) is 8.22. The monoisotopic (exact) mass is 376 g/mol. The maximum absolute atomic E-state index is 12.1. The van der Waals surface area contributed by atoms with E-state index in [9.17, 15) is 4.79 Å². The smallest absolute Gasteiger partial charge is 0.249 e. The third-order valence-electron chi connectivity index (χ3n) is 3.51. The Morgan fingerprint density at radius 2 is 2.10 bits per heavy atom. The van der Waals surface area contributed by atoms with Gasteiger partial charge in [-0.15, -0.1) is 12.4 Å². The summed E-state index contributed by atoms with van der Waals surface area (Å²) < 4.78 is 6.66. The van der Waals surface area contributed by atoms with E-state index in [1.807, 2.05) is 19.1 Å². The van der Waals surface area contributed by atoms with Gasteiger partial charge in [-0.3, -0.25) is 4.79 Å². The molecule has 118 valence electrons. The molecule has 0 spiro atoms. The fourth-order valence-corrected chi connectivity index (χ4v) is 2.70. The van der Waals surface area contributed by atoms with Gasteiger partial charge in [-0.05, 0) is 43.9 Å². The Labute approximate surface area is 140 Å². The van der Waals surface area contributed by atoms with Crippen LogP contribution in [0.2, 0.25) is 0 Å². The Kier molecular flexibility index (Phi) is 7.66. The van der Waals surface area contributed by atoms with Crippen molar-refractivity contribution in [2.45, 2.75) is 44.4 Å². The normalized spacial score (nSPS) is 22.4. The molecule has 1 aromatic carbocycles. The van der Waals surface area contributed by atoms with Crippen molar-refractivity contribution in [1.29, 1.82) is 0 Å². The highest BCUT2D eigenvalue weighted by Gasteiger charge is 2.30. The minimum atomic E-state index is -0.337. The number of halogens is 2. The lowest BCUT2D eigenvalue weighted by molar-refractivity contribution is -0.132. The van der Waals surface area contributed by atoms with E-state index < -0.39 is 0 Å². The summed E-state index contributed by atoms with van der Waals surface area (Å²) in [4.78, 5) is 12.1. The second-order valence-electron chi connectivity index (χ2n) is 5.30. The Morgan fingerprint density at radius 1 is 1.43 bits per heavy atom. The van der Waals surface area contributed by atoms with Crippen molar-refractivity contribution < 1.29 is 9.53 Å². The van der Waals surface area contributed by atoms with Gasteiger partial charge in [0.25, 0.3) is 0 Å². The molecule has 1 aromatic rings. The molecule has 3 N–H and O–H groups in total. The maximum atomic E-state index is 12.1. The highest BCUT2D eigenvalue weighted by Crippen LogP contribution is 2.19. The van der Waals surface area contributed by atoms with Crippen molar-refractivity contribution in [3.05, 3.63) is 34.3 Å². The second kappa shape index (κ2) is 8.73. The molecule has 21 heavy (non-hydrogen) atoms. The van der Waals surface area contributed by atoms with Crippen LogP contribution in [0.1, 0.15) is 25.3 Å². The molecule has 1 saturated heterocycles. The van der Waals surface area contributed by atoms with Gasteiger partial charge in [0.2, 0.25) is 5.91 Å². The zero-order chi connectivity index (χ0) is 14.5. The molecule has 1 fully saturated rings. The minimum Gasteiger partial charge on any atom is -0.364 e. The number of rotatable bonds is 5. The van der Waals surface area contributed by atoms with Gasteiger partial charge in [0, 0.05) is 17.1 Å². The Bertz CT molecular complexity index is 455. The van der Waals surface area contributed by atoms with Crippen molar-refractivity contribution in [2.75, 3.05) is 6.54 Å². The predicted octanol–water partition coefficient (Wildman–Crippen LogP) is 2.42. The number of nitrogens with two attached hydrogens (primary N) is 1.